The molecule has 3 atom stereocenters. The highest BCUT2D eigenvalue weighted by Crippen LogP contribution is 2.42. The Morgan fingerprint density at radius 2 is 1.89 bits per heavy atom. The van der Waals surface area contributed by atoms with Crippen molar-refractivity contribution < 1.29 is 19.4 Å². The number of carboxylic acid groups (broad SMARTS) is 1. The lowest BCUT2D eigenvalue weighted by Gasteiger charge is -2.27. The molecule has 3 rings (SSSR count). The van der Waals surface area contributed by atoms with Crippen molar-refractivity contribution in [3.63, 3.8) is 0 Å². The lowest BCUT2D eigenvalue weighted by atomic mass is 9.89. The SMILES string of the molecule is O=C(O)C1CC2CCC1N2C(=O)CC1CCOCC1. The summed E-state index contributed by atoms with van der Waals surface area (Å²) in [5.41, 5.74) is 0. The van der Waals surface area contributed by atoms with Crippen molar-refractivity contribution >= 4 is 11.9 Å². The minimum Gasteiger partial charge on any atom is -0.481 e. The first-order valence-electron chi connectivity index (χ1n) is 7.28. The number of carbonyl (C=O) groups excluding carboxylic acids is 1. The summed E-state index contributed by atoms with van der Waals surface area (Å²) in [6.45, 7) is 1.51. The lowest BCUT2D eigenvalue weighted by molar-refractivity contribution is -0.143. The van der Waals surface area contributed by atoms with Gasteiger partial charge in [-0.3, -0.25) is 9.59 Å². The molecular weight excluding hydrogens is 246 g/mol. The number of nitrogens with zero attached hydrogens (tertiary/aromatic N) is 1. The smallest absolute Gasteiger partial charge is 0.308 e. The first-order valence-corrected chi connectivity index (χ1v) is 7.28. The number of hydrogen-bond acceptors (Lipinski definition) is 3. The first-order chi connectivity index (χ1) is 9.16. The van der Waals surface area contributed by atoms with Crippen LogP contribution >= 0.6 is 0 Å². The van der Waals surface area contributed by atoms with Crippen molar-refractivity contribution in [2.75, 3.05) is 13.2 Å². The van der Waals surface area contributed by atoms with E-state index in [1.54, 1.807) is 0 Å². The van der Waals surface area contributed by atoms with Crippen molar-refractivity contribution in [1.29, 1.82) is 0 Å². The maximum Gasteiger partial charge on any atom is 0.308 e. The van der Waals surface area contributed by atoms with E-state index in [9.17, 15) is 14.7 Å². The quantitative estimate of drug-likeness (QED) is 0.836. The number of rotatable bonds is 3. The van der Waals surface area contributed by atoms with Crippen LogP contribution in [0, 0.1) is 11.8 Å². The molecule has 5 nitrogen and oxygen atoms in total. The minimum absolute atomic E-state index is 0.0464. The van der Waals surface area contributed by atoms with Gasteiger partial charge < -0.3 is 14.7 Å². The summed E-state index contributed by atoms with van der Waals surface area (Å²) in [6, 6.07) is 0.133. The monoisotopic (exact) mass is 267 g/mol. The zero-order chi connectivity index (χ0) is 13.4. The summed E-state index contributed by atoms with van der Waals surface area (Å²) in [7, 11) is 0. The van der Waals surface area contributed by atoms with E-state index < -0.39 is 5.97 Å². The Morgan fingerprint density at radius 1 is 1.16 bits per heavy atom. The molecule has 3 aliphatic rings. The normalized spacial score (nSPS) is 34.7. The third-order valence-electron chi connectivity index (χ3n) is 4.95. The number of carboxylic acids is 1. The molecule has 1 N–H and O–H groups in total. The Morgan fingerprint density at radius 3 is 2.53 bits per heavy atom. The molecule has 0 radical (unpaired) electrons. The predicted molar refractivity (Wildman–Crippen MR) is 67.6 cm³/mol. The molecule has 3 unspecified atom stereocenters. The van der Waals surface area contributed by atoms with Crippen LogP contribution in [0.25, 0.3) is 0 Å². The molecular formula is C14H21NO4. The second-order valence-electron chi connectivity index (χ2n) is 6.04. The van der Waals surface area contributed by atoms with Gasteiger partial charge in [-0.1, -0.05) is 0 Å². The molecule has 19 heavy (non-hydrogen) atoms. The molecule has 0 aliphatic carbocycles. The van der Waals surface area contributed by atoms with E-state index >= 15 is 0 Å². The summed E-state index contributed by atoms with van der Waals surface area (Å²) < 4.78 is 5.31. The highest BCUT2D eigenvalue weighted by molar-refractivity contribution is 5.80. The molecule has 0 aromatic carbocycles. The van der Waals surface area contributed by atoms with Gasteiger partial charge in [0, 0.05) is 31.7 Å². The van der Waals surface area contributed by atoms with E-state index in [0.29, 0.717) is 18.8 Å². The van der Waals surface area contributed by atoms with Crippen molar-refractivity contribution in [3.05, 3.63) is 0 Å². The molecule has 0 aromatic rings. The molecule has 3 saturated heterocycles. The van der Waals surface area contributed by atoms with Crippen molar-refractivity contribution in [3.8, 4) is 0 Å². The van der Waals surface area contributed by atoms with Gasteiger partial charge in [0.1, 0.15) is 0 Å². The zero-order valence-corrected chi connectivity index (χ0v) is 11.1. The van der Waals surface area contributed by atoms with Crippen LogP contribution < -0.4 is 0 Å². The van der Waals surface area contributed by atoms with E-state index in [2.05, 4.69) is 0 Å². The Balaban J connectivity index is 1.62. The van der Waals surface area contributed by atoms with Crippen LogP contribution in [0.1, 0.15) is 38.5 Å². The van der Waals surface area contributed by atoms with Gasteiger partial charge in [0.05, 0.1) is 5.92 Å². The number of fused-ring (bicyclic) bond motifs is 2. The van der Waals surface area contributed by atoms with Crippen LogP contribution in [0.2, 0.25) is 0 Å². The van der Waals surface area contributed by atoms with Gasteiger partial charge in [-0.25, -0.2) is 0 Å². The van der Waals surface area contributed by atoms with Crippen molar-refractivity contribution in [2.24, 2.45) is 11.8 Å². The highest BCUT2D eigenvalue weighted by atomic mass is 16.5. The summed E-state index contributed by atoms with van der Waals surface area (Å²) in [4.78, 5) is 25.5. The Hall–Kier alpha value is -1.10. The number of carbonyl (C=O) groups is 2. The molecule has 0 spiro atoms. The van der Waals surface area contributed by atoms with Gasteiger partial charge in [-0.2, -0.15) is 0 Å². The maximum absolute atomic E-state index is 12.4. The van der Waals surface area contributed by atoms with Crippen LogP contribution in [0.5, 0.6) is 0 Å². The Kier molecular flexibility index (Phi) is 3.48. The fourth-order valence-electron chi connectivity index (χ4n) is 3.95. The third-order valence-corrected chi connectivity index (χ3v) is 4.95. The highest BCUT2D eigenvalue weighted by Gasteiger charge is 2.51. The molecule has 2 bridgehead atoms. The predicted octanol–water partition coefficient (Wildman–Crippen LogP) is 1.27. The topological polar surface area (TPSA) is 66.8 Å². The maximum atomic E-state index is 12.4. The van der Waals surface area contributed by atoms with Crippen molar-refractivity contribution in [2.45, 2.75) is 50.6 Å². The van der Waals surface area contributed by atoms with E-state index in [-0.39, 0.29) is 23.9 Å². The second kappa shape index (κ2) is 5.12. The van der Waals surface area contributed by atoms with Crippen LogP contribution in [-0.2, 0) is 14.3 Å². The number of aliphatic carboxylic acids is 1. The zero-order valence-electron chi connectivity index (χ0n) is 11.1. The fraction of sp³-hybridized carbons (Fsp3) is 0.857. The van der Waals surface area contributed by atoms with Crippen LogP contribution in [0.15, 0.2) is 0 Å². The Labute approximate surface area is 112 Å². The van der Waals surface area contributed by atoms with Crippen LogP contribution in [-0.4, -0.2) is 47.2 Å². The summed E-state index contributed by atoms with van der Waals surface area (Å²) in [5, 5.41) is 9.20. The molecule has 1 amide bonds. The molecule has 5 heteroatoms. The van der Waals surface area contributed by atoms with Gasteiger partial charge in [0.15, 0.2) is 0 Å². The van der Waals surface area contributed by atoms with Gasteiger partial charge >= 0.3 is 5.97 Å². The van der Waals surface area contributed by atoms with E-state index in [0.717, 1.165) is 38.9 Å². The standard InChI is InChI=1S/C14H21NO4/c16-13(7-9-3-5-19-6-4-9)15-10-1-2-12(15)11(8-10)14(17)18/h9-12H,1-8H2,(H,17,18). The average Bonchev–Trinajstić information content (AvgIpc) is 2.97. The van der Waals surface area contributed by atoms with Crippen LogP contribution in [0.3, 0.4) is 0 Å². The first kappa shape index (κ1) is 12.9. The molecule has 0 aromatic heterocycles. The largest absolute Gasteiger partial charge is 0.481 e. The third kappa shape index (κ3) is 2.36. The van der Waals surface area contributed by atoms with Gasteiger partial charge in [-0.05, 0) is 38.0 Å². The van der Waals surface area contributed by atoms with E-state index in [4.69, 9.17) is 4.74 Å². The molecule has 0 saturated carbocycles. The fourth-order valence-corrected chi connectivity index (χ4v) is 3.95. The van der Waals surface area contributed by atoms with Gasteiger partial charge in [0.25, 0.3) is 0 Å². The average molecular weight is 267 g/mol. The number of amides is 1. The molecule has 106 valence electrons. The number of hydrogen-bond donors (Lipinski definition) is 1. The summed E-state index contributed by atoms with van der Waals surface area (Å²) in [5.74, 6) is -0.485. The van der Waals surface area contributed by atoms with E-state index in [1.165, 1.54) is 0 Å². The molecule has 3 aliphatic heterocycles. The lowest BCUT2D eigenvalue weighted by Crippen LogP contribution is -2.39. The van der Waals surface area contributed by atoms with E-state index in [1.807, 2.05) is 4.90 Å². The molecule has 3 heterocycles. The summed E-state index contributed by atoms with van der Waals surface area (Å²) >= 11 is 0. The Bertz CT molecular complexity index is 378. The second-order valence-corrected chi connectivity index (χ2v) is 6.04. The van der Waals surface area contributed by atoms with Gasteiger partial charge in [-0.15, -0.1) is 0 Å². The molecule has 3 fully saturated rings. The van der Waals surface area contributed by atoms with Crippen molar-refractivity contribution in [1.82, 2.24) is 4.90 Å². The van der Waals surface area contributed by atoms with Gasteiger partial charge in [0.2, 0.25) is 5.91 Å². The minimum atomic E-state index is -0.740. The summed E-state index contributed by atoms with van der Waals surface area (Å²) in [6.07, 6.45) is 4.98. The van der Waals surface area contributed by atoms with Crippen LogP contribution in [0.4, 0.5) is 0 Å². The number of ether oxygens (including phenoxy) is 1.